The van der Waals surface area contributed by atoms with Gasteiger partial charge >= 0.3 is 0 Å². The third-order valence-electron chi connectivity index (χ3n) is 4.51. The summed E-state index contributed by atoms with van der Waals surface area (Å²) in [4.78, 5) is 17.0. The molecule has 3 aliphatic rings. The lowest BCUT2D eigenvalue weighted by molar-refractivity contribution is -0.136. The summed E-state index contributed by atoms with van der Waals surface area (Å²) in [7, 11) is 0. The summed E-state index contributed by atoms with van der Waals surface area (Å²) in [5.74, 6) is 0.354. The van der Waals surface area contributed by atoms with E-state index in [2.05, 4.69) is 15.1 Å². The minimum atomic E-state index is 0.116. The van der Waals surface area contributed by atoms with Gasteiger partial charge in [-0.15, -0.1) is 0 Å². The summed E-state index contributed by atoms with van der Waals surface area (Å²) in [6.45, 7) is 5.25. The number of hydrogen-bond donors (Lipinski definition) is 1. The van der Waals surface area contributed by atoms with Crippen LogP contribution in [0.3, 0.4) is 0 Å². The van der Waals surface area contributed by atoms with Crippen molar-refractivity contribution in [2.45, 2.75) is 44.2 Å². The standard InChI is InChI=1S/C13H23N3O/c17-13(12-5-3-6-14-12)16-9-8-15-7-2-1-4-11(15)10-16/h11-12,14H,1-10H2/t11?,12-/m0/s1. The van der Waals surface area contributed by atoms with E-state index in [0.717, 1.165) is 39.0 Å². The van der Waals surface area contributed by atoms with E-state index in [1.165, 1.54) is 25.8 Å². The van der Waals surface area contributed by atoms with Crippen LogP contribution in [-0.2, 0) is 4.79 Å². The summed E-state index contributed by atoms with van der Waals surface area (Å²) in [6.07, 6.45) is 6.14. The zero-order valence-electron chi connectivity index (χ0n) is 10.5. The lowest BCUT2D eigenvalue weighted by atomic mass is 9.99. The molecule has 0 spiro atoms. The second-order valence-corrected chi connectivity index (χ2v) is 5.62. The van der Waals surface area contributed by atoms with Gasteiger partial charge in [-0.05, 0) is 38.8 Å². The molecule has 0 saturated carbocycles. The zero-order valence-corrected chi connectivity index (χ0v) is 10.5. The monoisotopic (exact) mass is 237 g/mol. The Hall–Kier alpha value is -0.610. The molecule has 0 bridgehead atoms. The van der Waals surface area contributed by atoms with Crippen LogP contribution in [0.25, 0.3) is 0 Å². The quantitative estimate of drug-likeness (QED) is 0.718. The van der Waals surface area contributed by atoms with E-state index in [9.17, 15) is 4.79 Å². The van der Waals surface area contributed by atoms with Crippen LogP contribution >= 0.6 is 0 Å². The Bertz CT molecular complexity index is 288. The molecule has 0 aromatic carbocycles. The second-order valence-electron chi connectivity index (χ2n) is 5.62. The molecular weight excluding hydrogens is 214 g/mol. The molecule has 0 aromatic heterocycles. The van der Waals surface area contributed by atoms with E-state index in [-0.39, 0.29) is 6.04 Å². The first-order valence-electron chi connectivity index (χ1n) is 7.11. The van der Waals surface area contributed by atoms with Crippen molar-refractivity contribution in [3.8, 4) is 0 Å². The number of hydrogen-bond acceptors (Lipinski definition) is 3. The van der Waals surface area contributed by atoms with Gasteiger partial charge in [-0.25, -0.2) is 0 Å². The van der Waals surface area contributed by atoms with E-state index in [0.29, 0.717) is 11.9 Å². The summed E-state index contributed by atoms with van der Waals surface area (Å²) in [5.41, 5.74) is 0. The fourth-order valence-electron chi connectivity index (χ4n) is 3.47. The van der Waals surface area contributed by atoms with Gasteiger partial charge < -0.3 is 10.2 Å². The Balaban J connectivity index is 1.59. The Morgan fingerprint density at radius 2 is 2.00 bits per heavy atom. The molecular formula is C13H23N3O. The molecule has 3 fully saturated rings. The van der Waals surface area contributed by atoms with E-state index >= 15 is 0 Å². The van der Waals surface area contributed by atoms with E-state index in [1.54, 1.807) is 0 Å². The second kappa shape index (κ2) is 4.94. The third-order valence-corrected chi connectivity index (χ3v) is 4.51. The molecule has 4 nitrogen and oxygen atoms in total. The Labute approximate surface area is 103 Å². The molecule has 2 atom stereocenters. The first-order chi connectivity index (χ1) is 8.34. The number of piperazine rings is 1. The van der Waals surface area contributed by atoms with Crippen LogP contribution in [0, 0.1) is 0 Å². The van der Waals surface area contributed by atoms with Gasteiger partial charge in [0.1, 0.15) is 0 Å². The molecule has 0 aromatic rings. The molecule has 4 heteroatoms. The van der Waals surface area contributed by atoms with Crippen molar-refractivity contribution >= 4 is 5.91 Å². The lowest BCUT2D eigenvalue weighted by Crippen LogP contribution is -2.58. The first kappa shape index (κ1) is 11.5. The van der Waals surface area contributed by atoms with Crippen LogP contribution in [0.1, 0.15) is 32.1 Å². The molecule has 3 saturated heterocycles. The molecule has 1 amide bonds. The highest BCUT2D eigenvalue weighted by Crippen LogP contribution is 2.22. The van der Waals surface area contributed by atoms with Crippen LogP contribution in [0.5, 0.6) is 0 Å². The SMILES string of the molecule is O=C([C@@H]1CCCN1)N1CCN2CCCCC2C1. The Morgan fingerprint density at radius 3 is 2.82 bits per heavy atom. The Kier molecular flexibility index (Phi) is 3.34. The predicted octanol–water partition coefficient (Wildman–Crippen LogP) is 0.435. The van der Waals surface area contributed by atoms with Gasteiger partial charge in [0.25, 0.3) is 0 Å². The highest BCUT2D eigenvalue weighted by molar-refractivity contribution is 5.82. The van der Waals surface area contributed by atoms with Crippen molar-refractivity contribution in [1.82, 2.24) is 15.1 Å². The van der Waals surface area contributed by atoms with Crippen molar-refractivity contribution in [1.29, 1.82) is 0 Å². The maximum Gasteiger partial charge on any atom is 0.239 e. The first-order valence-corrected chi connectivity index (χ1v) is 7.11. The Morgan fingerprint density at radius 1 is 1.06 bits per heavy atom. The van der Waals surface area contributed by atoms with Gasteiger partial charge in [0.05, 0.1) is 6.04 Å². The fraction of sp³-hybridized carbons (Fsp3) is 0.923. The van der Waals surface area contributed by atoms with Gasteiger partial charge in [0, 0.05) is 25.7 Å². The van der Waals surface area contributed by atoms with Crippen LogP contribution in [0.2, 0.25) is 0 Å². The average molecular weight is 237 g/mol. The minimum Gasteiger partial charge on any atom is -0.338 e. The van der Waals surface area contributed by atoms with Crippen molar-refractivity contribution in [2.75, 3.05) is 32.7 Å². The molecule has 1 unspecified atom stereocenters. The molecule has 17 heavy (non-hydrogen) atoms. The van der Waals surface area contributed by atoms with Crippen LogP contribution in [0.4, 0.5) is 0 Å². The van der Waals surface area contributed by atoms with Crippen LogP contribution < -0.4 is 5.32 Å². The van der Waals surface area contributed by atoms with Crippen LogP contribution in [-0.4, -0.2) is 60.5 Å². The van der Waals surface area contributed by atoms with Gasteiger partial charge in [0.15, 0.2) is 0 Å². The molecule has 96 valence electrons. The van der Waals surface area contributed by atoms with Gasteiger partial charge in [-0.1, -0.05) is 6.42 Å². The zero-order chi connectivity index (χ0) is 11.7. The van der Waals surface area contributed by atoms with Gasteiger partial charge in [-0.3, -0.25) is 9.69 Å². The highest BCUT2D eigenvalue weighted by Gasteiger charge is 2.34. The van der Waals surface area contributed by atoms with E-state index in [4.69, 9.17) is 0 Å². The largest absolute Gasteiger partial charge is 0.338 e. The number of nitrogens with zero attached hydrogens (tertiary/aromatic N) is 2. The molecule has 0 aliphatic carbocycles. The minimum absolute atomic E-state index is 0.116. The fourth-order valence-corrected chi connectivity index (χ4v) is 3.47. The molecule has 3 rings (SSSR count). The molecule has 1 N–H and O–H groups in total. The van der Waals surface area contributed by atoms with Crippen molar-refractivity contribution in [3.63, 3.8) is 0 Å². The number of nitrogens with one attached hydrogen (secondary N) is 1. The summed E-state index contributed by atoms with van der Waals surface area (Å²) < 4.78 is 0. The topological polar surface area (TPSA) is 35.6 Å². The normalized spacial score (nSPS) is 34.7. The maximum absolute atomic E-state index is 12.3. The third kappa shape index (κ3) is 2.33. The van der Waals surface area contributed by atoms with Crippen molar-refractivity contribution < 1.29 is 4.79 Å². The molecule has 3 aliphatic heterocycles. The average Bonchev–Trinajstić information content (AvgIpc) is 2.91. The maximum atomic E-state index is 12.3. The number of rotatable bonds is 1. The van der Waals surface area contributed by atoms with Crippen LogP contribution in [0.15, 0.2) is 0 Å². The smallest absolute Gasteiger partial charge is 0.239 e. The number of fused-ring (bicyclic) bond motifs is 1. The lowest BCUT2D eigenvalue weighted by Gasteiger charge is -2.44. The van der Waals surface area contributed by atoms with E-state index < -0.39 is 0 Å². The predicted molar refractivity (Wildman–Crippen MR) is 66.8 cm³/mol. The summed E-state index contributed by atoms with van der Waals surface area (Å²) in [5, 5.41) is 3.32. The van der Waals surface area contributed by atoms with Crippen molar-refractivity contribution in [3.05, 3.63) is 0 Å². The van der Waals surface area contributed by atoms with Gasteiger partial charge in [0.2, 0.25) is 5.91 Å². The molecule has 0 radical (unpaired) electrons. The molecule has 3 heterocycles. The number of piperidine rings is 1. The summed E-state index contributed by atoms with van der Waals surface area (Å²) in [6, 6.07) is 0.757. The number of amides is 1. The number of carbonyl (C=O) groups is 1. The van der Waals surface area contributed by atoms with Crippen molar-refractivity contribution in [2.24, 2.45) is 0 Å². The number of carbonyl (C=O) groups excluding carboxylic acids is 1. The highest BCUT2D eigenvalue weighted by atomic mass is 16.2. The van der Waals surface area contributed by atoms with Gasteiger partial charge in [-0.2, -0.15) is 0 Å². The van der Waals surface area contributed by atoms with E-state index in [1.807, 2.05) is 0 Å². The summed E-state index contributed by atoms with van der Waals surface area (Å²) >= 11 is 0.